The van der Waals surface area contributed by atoms with E-state index in [4.69, 9.17) is 5.73 Å². The van der Waals surface area contributed by atoms with Crippen molar-refractivity contribution in [2.24, 2.45) is 0 Å². The van der Waals surface area contributed by atoms with Crippen LogP contribution in [0.25, 0.3) is 0 Å². The molecule has 3 N–H and O–H groups in total. The molecule has 0 bridgehead atoms. The Morgan fingerprint density at radius 1 is 1.48 bits per heavy atom. The van der Waals surface area contributed by atoms with Gasteiger partial charge in [0.2, 0.25) is 5.91 Å². The number of anilines is 1. The molecule has 112 valence electrons. The lowest BCUT2D eigenvalue weighted by molar-refractivity contribution is -0.121. The van der Waals surface area contributed by atoms with Crippen LogP contribution in [0.15, 0.2) is 16.2 Å². The number of nitrogens with one attached hydrogen (secondary N) is 1. The molecule has 2 rings (SSSR count). The molecule has 2 aromatic rings. The zero-order valence-corrected chi connectivity index (χ0v) is 12.7. The van der Waals surface area contributed by atoms with Crippen LogP contribution in [0.4, 0.5) is 5.13 Å². The van der Waals surface area contributed by atoms with Crippen LogP contribution in [0.1, 0.15) is 17.0 Å². The number of thiazole rings is 1. The normalized spacial score (nSPS) is 10.6. The summed E-state index contributed by atoms with van der Waals surface area (Å²) >= 11 is 1.37. The molecule has 0 saturated heterocycles. The van der Waals surface area contributed by atoms with E-state index in [9.17, 15) is 9.59 Å². The molecule has 1 amide bonds. The number of aromatic nitrogens is 3. The van der Waals surface area contributed by atoms with Crippen LogP contribution in [0.5, 0.6) is 0 Å². The van der Waals surface area contributed by atoms with E-state index < -0.39 is 0 Å². The summed E-state index contributed by atoms with van der Waals surface area (Å²) in [6.07, 6.45) is 0.606. The van der Waals surface area contributed by atoms with Crippen LogP contribution >= 0.6 is 11.3 Å². The van der Waals surface area contributed by atoms with E-state index in [0.717, 1.165) is 17.0 Å². The maximum absolute atomic E-state index is 11.8. The first-order valence-electron chi connectivity index (χ1n) is 6.47. The van der Waals surface area contributed by atoms with Gasteiger partial charge < -0.3 is 11.1 Å². The SMILES string of the molecule is Cc1cc(=O)n(CC(=O)NCCc2csc(N)n2)nc1C. The molecule has 2 heterocycles. The van der Waals surface area contributed by atoms with Crippen molar-refractivity contribution >= 4 is 22.4 Å². The molecule has 0 spiro atoms. The molecule has 0 aliphatic heterocycles. The van der Waals surface area contributed by atoms with Crippen LogP contribution in [0, 0.1) is 13.8 Å². The number of carbonyl (C=O) groups is 1. The number of nitrogens with zero attached hydrogens (tertiary/aromatic N) is 3. The van der Waals surface area contributed by atoms with Crippen LogP contribution in [-0.4, -0.2) is 27.2 Å². The van der Waals surface area contributed by atoms with E-state index in [1.165, 1.54) is 22.1 Å². The molecule has 8 heteroatoms. The second-order valence-electron chi connectivity index (χ2n) is 4.69. The fourth-order valence-corrected chi connectivity index (χ4v) is 2.34. The number of rotatable bonds is 5. The fraction of sp³-hybridized carbons (Fsp3) is 0.385. The second-order valence-corrected chi connectivity index (χ2v) is 5.58. The first-order valence-corrected chi connectivity index (χ1v) is 7.35. The summed E-state index contributed by atoms with van der Waals surface area (Å²) in [7, 11) is 0. The number of hydrogen-bond donors (Lipinski definition) is 2. The maximum atomic E-state index is 11.8. The number of amides is 1. The monoisotopic (exact) mass is 307 g/mol. The summed E-state index contributed by atoms with van der Waals surface area (Å²) < 4.78 is 1.17. The Morgan fingerprint density at radius 3 is 2.90 bits per heavy atom. The van der Waals surface area contributed by atoms with Gasteiger partial charge in [-0.25, -0.2) is 9.67 Å². The van der Waals surface area contributed by atoms with Crippen molar-refractivity contribution in [3.05, 3.63) is 38.8 Å². The summed E-state index contributed by atoms with van der Waals surface area (Å²) in [6, 6.07) is 1.48. The number of aryl methyl sites for hydroxylation is 2. The zero-order valence-electron chi connectivity index (χ0n) is 11.9. The van der Waals surface area contributed by atoms with Gasteiger partial charge in [0, 0.05) is 24.4 Å². The quantitative estimate of drug-likeness (QED) is 0.824. The average Bonchev–Trinajstić information content (AvgIpc) is 2.82. The molecule has 0 saturated carbocycles. The number of nitrogens with two attached hydrogens (primary N) is 1. The van der Waals surface area contributed by atoms with E-state index in [1.54, 1.807) is 6.92 Å². The Balaban J connectivity index is 1.87. The molecular formula is C13H17N5O2S. The topological polar surface area (TPSA) is 103 Å². The highest BCUT2D eigenvalue weighted by atomic mass is 32.1. The Kier molecular flexibility index (Phi) is 4.69. The lowest BCUT2D eigenvalue weighted by Gasteiger charge is -2.07. The molecule has 2 aromatic heterocycles. The Bertz CT molecular complexity index is 707. The minimum Gasteiger partial charge on any atom is -0.375 e. The van der Waals surface area contributed by atoms with Crippen LogP contribution in [-0.2, 0) is 17.8 Å². The zero-order chi connectivity index (χ0) is 15.4. The third-order valence-electron chi connectivity index (χ3n) is 3.00. The minimum atomic E-state index is -0.277. The van der Waals surface area contributed by atoms with Crippen LogP contribution in [0.2, 0.25) is 0 Å². The molecule has 0 radical (unpaired) electrons. The minimum absolute atomic E-state index is 0.0842. The number of hydrogen-bond acceptors (Lipinski definition) is 6. The molecule has 0 atom stereocenters. The lowest BCUT2D eigenvalue weighted by atomic mass is 10.2. The van der Waals surface area contributed by atoms with Gasteiger partial charge in [-0.05, 0) is 19.4 Å². The van der Waals surface area contributed by atoms with Gasteiger partial charge in [0.05, 0.1) is 11.4 Å². The van der Waals surface area contributed by atoms with Gasteiger partial charge in [0.1, 0.15) is 6.54 Å². The van der Waals surface area contributed by atoms with Crippen molar-refractivity contribution in [3.8, 4) is 0 Å². The molecule has 0 aromatic carbocycles. The summed E-state index contributed by atoms with van der Waals surface area (Å²) in [6.45, 7) is 3.98. The van der Waals surface area contributed by atoms with Gasteiger partial charge in [-0.2, -0.15) is 5.10 Å². The lowest BCUT2D eigenvalue weighted by Crippen LogP contribution is -2.34. The van der Waals surface area contributed by atoms with E-state index >= 15 is 0 Å². The van der Waals surface area contributed by atoms with Crippen molar-refractivity contribution in [1.29, 1.82) is 0 Å². The smallest absolute Gasteiger partial charge is 0.267 e. The Labute approximate surface area is 125 Å². The molecule has 0 fully saturated rings. The Hall–Kier alpha value is -2.22. The van der Waals surface area contributed by atoms with Crippen molar-refractivity contribution in [3.63, 3.8) is 0 Å². The van der Waals surface area contributed by atoms with Crippen LogP contribution in [0.3, 0.4) is 0 Å². The molecular weight excluding hydrogens is 290 g/mol. The maximum Gasteiger partial charge on any atom is 0.267 e. The van der Waals surface area contributed by atoms with Gasteiger partial charge in [-0.3, -0.25) is 9.59 Å². The molecule has 0 aliphatic carbocycles. The largest absolute Gasteiger partial charge is 0.375 e. The number of carbonyl (C=O) groups excluding carboxylic acids is 1. The van der Waals surface area contributed by atoms with Gasteiger partial charge >= 0.3 is 0 Å². The highest BCUT2D eigenvalue weighted by Gasteiger charge is 2.07. The molecule has 21 heavy (non-hydrogen) atoms. The first kappa shape index (κ1) is 15.2. The molecule has 0 aliphatic rings. The average molecular weight is 307 g/mol. The highest BCUT2D eigenvalue weighted by Crippen LogP contribution is 2.10. The van der Waals surface area contributed by atoms with Crippen molar-refractivity contribution in [2.45, 2.75) is 26.8 Å². The van der Waals surface area contributed by atoms with Crippen LogP contribution < -0.4 is 16.6 Å². The molecule has 7 nitrogen and oxygen atoms in total. The summed E-state index contributed by atoms with van der Waals surface area (Å²) in [4.78, 5) is 27.6. The van der Waals surface area contributed by atoms with E-state index in [2.05, 4.69) is 15.4 Å². The second kappa shape index (κ2) is 6.49. The third kappa shape index (κ3) is 4.12. The predicted octanol–water partition coefficient (Wildman–Crippen LogP) is 0.258. The molecule has 0 unspecified atom stereocenters. The fourth-order valence-electron chi connectivity index (χ4n) is 1.75. The van der Waals surface area contributed by atoms with E-state index in [1.807, 2.05) is 12.3 Å². The van der Waals surface area contributed by atoms with Crippen molar-refractivity contribution in [1.82, 2.24) is 20.1 Å². The van der Waals surface area contributed by atoms with Crippen molar-refractivity contribution in [2.75, 3.05) is 12.3 Å². The van der Waals surface area contributed by atoms with E-state index in [0.29, 0.717) is 18.1 Å². The van der Waals surface area contributed by atoms with Gasteiger partial charge in [0.25, 0.3) is 5.56 Å². The predicted molar refractivity (Wildman–Crippen MR) is 81.2 cm³/mol. The van der Waals surface area contributed by atoms with Gasteiger partial charge in [-0.1, -0.05) is 0 Å². The first-order chi connectivity index (χ1) is 9.95. The Morgan fingerprint density at radius 2 is 2.24 bits per heavy atom. The third-order valence-corrected chi connectivity index (χ3v) is 3.72. The summed E-state index contributed by atoms with van der Waals surface area (Å²) in [5.74, 6) is -0.254. The van der Waals surface area contributed by atoms with Gasteiger partial charge in [-0.15, -0.1) is 11.3 Å². The summed E-state index contributed by atoms with van der Waals surface area (Å²) in [5.41, 5.74) is 7.65. The van der Waals surface area contributed by atoms with Crippen molar-refractivity contribution < 1.29 is 4.79 Å². The van der Waals surface area contributed by atoms with E-state index in [-0.39, 0.29) is 18.0 Å². The van der Waals surface area contributed by atoms with Gasteiger partial charge in [0.15, 0.2) is 5.13 Å². The standard InChI is InChI=1S/C13H17N5O2S/c1-8-5-12(20)18(17-9(8)2)6-11(19)15-4-3-10-7-21-13(14)16-10/h5,7H,3-4,6H2,1-2H3,(H2,14,16)(H,15,19). The highest BCUT2D eigenvalue weighted by molar-refractivity contribution is 7.13. The summed E-state index contributed by atoms with van der Waals surface area (Å²) in [5, 5.41) is 9.21. The number of nitrogen functional groups attached to an aromatic ring is 1.